The number of rotatable bonds is 2. The first kappa shape index (κ1) is 13.7. The van der Waals surface area contributed by atoms with Gasteiger partial charge in [0.25, 0.3) is 0 Å². The predicted octanol–water partition coefficient (Wildman–Crippen LogP) is 4.62. The number of hydrogen-bond donors (Lipinski definition) is 1. The van der Waals surface area contributed by atoms with Crippen molar-refractivity contribution in [2.75, 3.05) is 5.32 Å². The van der Waals surface area contributed by atoms with Gasteiger partial charge < -0.3 is 4.74 Å². The van der Waals surface area contributed by atoms with E-state index in [2.05, 4.69) is 30.4 Å². The number of hydrogen-bond acceptors (Lipinski definition) is 2. The lowest BCUT2D eigenvalue weighted by molar-refractivity contribution is 0.0999. The van der Waals surface area contributed by atoms with E-state index in [1.807, 2.05) is 30.3 Å². The molecule has 21 heavy (non-hydrogen) atoms. The highest BCUT2D eigenvalue weighted by Crippen LogP contribution is 2.33. The molecule has 0 saturated carbocycles. The third-order valence-corrected chi connectivity index (χ3v) is 3.83. The van der Waals surface area contributed by atoms with Crippen LogP contribution < -0.4 is 5.32 Å². The lowest BCUT2D eigenvalue weighted by Gasteiger charge is -2.26. The van der Waals surface area contributed by atoms with Crippen molar-refractivity contribution in [3.05, 3.63) is 65.2 Å². The maximum Gasteiger partial charge on any atom is 0.412 e. The molecule has 1 aliphatic rings. The Hall–Kier alpha value is -2.29. The lowest BCUT2D eigenvalue weighted by atomic mass is 9.88. The Morgan fingerprint density at radius 2 is 2.00 bits per heavy atom. The third kappa shape index (κ3) is 3.24. The zero-order valence-electron chi connectivity index (χ0n) is 12.1. The van der Waals surface area contributed by atoms with Crippen LogP contribution in [0.5, 0.6) is 0 Å². The average Bonchev–Trinajstić information content (AvgIpc) is 2.49. The van der Waals surface area contributed by atoms with Gasteiger partial charge in [-0.05, 0) is 49.4 Å². The number of para-hydroxylation sites is 1. The molecule has 2 aromatic rings. The molecular formula is C18H19NO2. The second-order valence-electron chi connectivity index (χ2n) is 5.48. The molecule has 0 radical (unpaired) electrons. The highest BCUT2D eigenvalue weighted by molar-refractivity contribution is 5.84. The van der Waals surface area contributed by atoms with Crippen LogP contribution in [-0.2, 0) is 11.2 Å². The first-order chi connectivity index (χ1) is 10.2. The summed E-state index contributed by atoms with van der Waals surface area (Å²) in [6.07, 6.45) is 2.48. The topological polar surface area (TPSA) is 38.3 Å². The number of benzene rings is 2. The Balaban J connectivity index is 1.71. The molecule has 108 valence electrons. The zero-order chi connectivity index (χ0) is 14.7. The van der Waals surface area contributed by atoms with Crippen molar-refractivity contribution in [3.63, 3.8) is 0 Å². The third-order valence-electron chi connectivity index (χ3n) is 3.83. The van der Waals surface area contributed by atoms with E-state index in [0.717, 1.165) is 30.5 Å². The van der Waals surface area contributed by atoms with Gasteiger partial charge in [-0.2, -0.15) is 0 Å². The van der Waals surface area contributed by atoms with Crippen molar-refractivity contribution in [1.29, 1.82) is 0 Å². The first-order valence-corrected chi connectivity index (χ1v) is 7.34. The molecule has 1 atom stereocenters. The largest absolute Gasteiger partial charge is 0.441 e. The Bertz CT molecular complexity index is 637. The molecule has 0 fully saturated rings. The molecule has 3 nitrogen and oxygen atoms in total. The van der Waals surface area contributed by atoms with Crippen molar-refractivity contribution in [2.24, 2.45) is 0 Å². The van der Waals surface area contributed by atoms with Crippen LogP contribution in [-0.4, -0.2) is 6.09 Å². The molecule has 0 bridgehead atoms. The number of anilines is 1. The first-order valence-electron chi connectivity index (χ1n) is 7.34. The molecule has 1 amide bonds. The van der Waals surface area contributed by atoms with Gasteiger partial charge in [0.2, 0.25) is 0 Å². The summed E-state index contributed by atoms with van der Waals surface area (Å²) in [5, 5.41) is 2.77. The smallest absolute Gasteiger partial charge is 0.412 e. The van der Waals surface area contributed by atoms with Crippen LogP contribution in [0.1, 0.15) is 35.6 Å². The molecule has 0 aromatic heterocycles. The minimum atomic E-state index is -0.388. The molecule has 1 N–H and O–H groups in total. The van der Waals surface area contributed by atoms with E-state index >= 15 is 0 Å². The van der Waals surface area contributed by atoms with E-state index in [1.165, 1.54) is 11.1 Å². The summed E-state index contributed by atoms with van der Waals surface area (Å²) in [7, 11) is 0. The molecule has 3 rings (SSSR count). The fourth-order valence-corrected chi connectivity index (χ4v) is 2.80. The zero-order valence-corrected chi connectivity index (χ0v) is 12.1. The van der Waals surface area contributed by atoms with E-state index in [4.69, 9.17) is 4.74 Å². The molecular weight excluding hydrogens is 262 g/mol. The van der Waals surface area contributed by atoms with Crippen molar-refractivity contribution in [3.8, 4) is 0 Å². The SMILES string of the molecule is Cc1ccc2c(c1)[C@@H](OC(=O)Nc1ccccc1)CCC2. The summed E-state index contributed by atoms with van der Waals surface area (Å²) in [6.45, 7) is 2.07. The van der Waals surface area contributed by atoms with E-state index in [0.29, 0.717) is 0 Å². The van der Waals surface area contributed by atoms with Gasteiger partial charge in [0.15, 0.2) is 0 Å². The summed E-state index contributed by atoms with van der Waals surface area (Å²) in [4.78, 5) is 12.0. The van der Waals surface area contributed by atoms with Crippen molar-refractivity contribution in [1.82, 2.24) is 0 Å². The van der Waals surface area contributed by atoms with Gasteiger partial charge >= 0.3 is 6.09 Å². The van der Waals surface area contributed by atoms with Gasteiger partial charge in [-0.3, -0.25) is 5.32 Å². The highest BCUT2D eigenvalue weighted by Gasteiger charge is 2.23. The fourth-order valence-electron chi connectivity index (χ4n) is 2.80. The Morgan fingerprint density at radius 1 is 1.19 bits per heavy atom. The second kappa shape index (κ2) is 6.00. The van der Waals surface area contributed by atoms with Crippen molar-refractivity contribution in [2.45, 2.75) is 32.3 Å². The Kier molecular flexibility index (Phi) is 3.91. The molecule has 1 aliphatic carbocycles. The lowest BCUT2D eigenvalue weighted by Crippen LogP contribution is -2.20. The van der Waals surface area contributed by atoms with E-state index < -0.39 is 0 Å². The van der Waals surface area contributed by atoms with Gasteiger partial charge in [0, 0.05) is 5.69 Å². The maximum absolute atomic E-state index is 12.0. The molecule has 2 aromatic carbocycles. The average molecular weight is 281 g/mol. The summed E-state index contributed by atoms with van der Waals surface area (Å²) < 4.78 is 5.63. The number of aryl methyl sites for hydroxylation is 2. The molecule has 0 aliphatic heterocycles. The Labute approximate surface area is 124 Å². The normalized spacial score (nSPS) is 16.9. The minimum absolute atomic E-state index is 0.141. The summed E-state index contributed by atoms with van der Waals surface area (Å²) in [5.74, 6) is 0. The summed E-state index contributed by atoms with van der Waals surface area (Å²) in [6, 6.07) is 15.8. The van der Waals surface area contributed by atoms with Gasteiger partial charge in [0.05, 0.1) is 0 Å². The predicted molar refractivity (Wildman–Crippen MR) is 83.4 cm³/mol. The van der Waals surface area contributed by atoms with Gasteiger partial charge in [0.1, 0.15) is 6.10 Å². The van der Waals surface area contributed by atoms with Gasteiger partial charge in [-0.15, -0.1) is 0 Å². The highest BCUT2D eigenvalue weighted by atomic mass is 16.6. The number of carbonyl (C=O) groups is 1. The minimum Gasteiger partial charge on any atom is -0.441 e. The number of amides is 1. The van der Waals surface area contributed by atoms with Crippen molar-refractivity contribution < 1.29 is 9.53 Å². The molecule has 0 heterocycles. The number of nitrogens with one attached hydrogen (secondary N) is 1. The van der Waals surface area contributed by atoms with Gasteiger partial charge in [-0.25, -0.2) is 4.79 Å². The number of ether oxygens (including phenoxy) is 1. The summed E-state index contributed by atoms with van der Waals surface area (Å²) in [5.41, 5.74) is 4.41. The van der Waals surface area contributed by atoms with Crippen LogP contribution in [0, 0.1) is 6.92 Å². The van der Waals surface area contributed by atoms with E-state index in [-0.39, 0.29) is 12.2 Å². The van der Waals surface area contributed by atoms with Crippen LogP contribution in [0.2, 0.25) is 0 Å². The summed E-state index contributed by atoms with van der Waals surface area (Å²) >= 11 is 0. The molecule has 0 unspecified atom stereocenters. The van der Waals surface area contributed by atoms with Crippen LogP contribution in [0.4, 0.5) is 10.5 Å². The van der Waals surface area contributed by atoms with E-state index in [9.17, 15) is 4.79 Å². The molecule has 0 saturated heterocycles. The second-order valence-corrected chi connectivity index (χ2v) is 5.48. The molecule has 0 spiro atoms. The monoisotopic (exact) mass is 281 g/mol. The van der Waals surface area contributed by atoms with E-state index in [1.54, 1.807) is 0 Å². The molecule has 3 heteroatoms. The van der Waals surface area contributed by atoms with Crippen LogP contribution >= 0.6 is 0 Å². The fraction of sp³-hybridized carbons (Fsp3) is 0.278. The van der Waals surface area contributed by atoms with Gasteiger partial charge in [-0.1, -0.05) is 42.0 Å². The van der Waals surface area contributed by atoms with Crippen LogP contribution in [0.25, 0.3) is 0 Å². The maximum atomic E-state index is 12.0. The standard InChI is InChI=1S/C18H19NO2/c1-13-10-11-14-6-5-9-17(16(14)12-13)21-18(20)19-15-7-3-2-4-8-15/h2-4,7-8,10-12,17H,5-6,9H2,1H3,(H,19,20)/t17-/m0/s1. The van der Waals surface area contributed by atoms with Crippen LogP contribution in [0.15, 0.2) is 48.5 Å². The van der Waals surface area contributed by atoms with Crippen molar-refractivity contribution >= 4 is 11.8 Å². The number of carbonyl (C=O) groups excluding carboxylic acids is 1. The van der Waals surface area contributed by atoms with Crippen LogP contribution in [0.3, 0.4) is 0 Å². The quantitative estimate of drug-likeness (QED) is 0.872. The number of fused-ring (bicyclic) bond motifs is 1. The Morgan fingerprint density at radius 3 is 2.81 bits per heavy atom.